The molecule has 0 radical (unpaired) electrons. The molecule has 0 bridgehead atoms. The molecule has 0 heterocycles. The number of carbonyl (C=O) groups is 1. The first-order valence-corrected chi connectivity index (χ1v) is 7.72. The van der Waals surface area contributed by atoms with E-state index in [0.29, 0.717) is 11.9 Å². The fourth-order valence-corrected chi connectivity index (χ4v) is 2.98. The number of hydrogen-bond donors (Lipinski definition) is 1. The molecule has 19 heavy (non-hydrogen) atoms. The molecule has 2 nitrogen and oxygen atoms in total. The fourth-order valence-electron chi connectivity index (χ4n) is 2.81. The van der Waals surface area contributed by atoms with Crippen molar-refractivity contribution in [3.63, 3.8) is 0 Å². The molecule has 3 heteroatoms. The Hall–Kier alpha value is -1.02. The van der Waals surface area contributed by atoms with Crippen molar-refractivity contribution in [3.8, 4) is 0 Å². The minimum atomic E-state index is 0.0443. The number of alkyl halides is 1. The zero-order chi connectivity index (χ0) is 13.7. The van der Waals surface area contributed by atoms with E-state index < -0.39 is 0 Å². The van der Waals surface area contributed by atoms with Gasteiger partial charge in [-0.25, -0.2) is 0 Å². The van der Waals surface area contributed by atoms with Crippen LogP contribution in [0.2, 0.25) is 0 Å². The second-order valence-electron chi connectivity index (χ2n) is 5.44. The molecule has 0 spiro atoms. The number of amides is 1. The summed E-state index contributed by atoms with van der Waals surface area (Å²) < 4.78 is 0. The van der Waals surface area contributed by atoms with Crippen molar-refractivity contribution in [3.05, 3.63) is 35.4 Å². The molecule has 2 unspecified atom stereocenters. The lowest BCUT2D eigenvalue weighted by Crippen LogP contribution is -2.38. The quantitative estimate of drug-likeness (QED) is 0.825. The molecule has 0 aliphatic heterocycles. The summed E-state index contributed by atoms with van der Waals surface area (Å²) in [5.74, 6) is 1.31. The number of rotatable bonds is 4. The largest absolute Gasteiger partial charge is 0.349 e. The molecule has 0 saturated heterocycles. The number of benzene rings is 1. The van der Waals surface area contributed by atoms with Crippen molar-refractivity contribution in [2.45, 2.75) is 50.9 Å². The fraction of sp³-hybridized carbons (Fsp3) is 0.562. The van der Waals surface area contributed by atoms with Crippen LogP contribution >= 0.6 is 11.6 Å². The van der Waals surface area contributed by atoms with E-state index in [0.717, 1.165) is 29.9 Å². The van der Waals surface area contributed by atoms with Gasteiger partial charge in [0.25, 0.3) is 5.91 Å². The Balaban J connectivity index is 1.92. The monoisotopic (exact) mass is 279 g/mol. The van der Waals surface area contributed by atoms with Gasteiger partial charge in [0, 0.05) is 17.5 Å². The van der Waals surface area contributed by atoms with Crippen LogP contribution in [0.4, 0.5) is 0 Å². The Morgan fingerprint density at radius 1 is 1.32 bits per heavy atom. The van der Waals surface area contributed by atoms with Crippen LogP contribution in [-0.2, 0) is 5.88 Å². The number of hydrogen-bond acceptors (Lipinski definition) is 1. The van der Waals surface area contributed by atoms with Crippen LogP contribution < -0.4 is 5.32 Å². The molecule has 1 amide bonds. The van der Waals surface area contributed by atoms with Crippen LogP contribution in [0.25, 0.3) is 0 Å². The van der Waals surface area contributed by atoms with E-state index in [9.17, 15) is 4.79 Å². The molecule has 2 atom stereocenters. The average Bonchev–Trinajstić information content (AvgIpc) is 2.47. The Labute approximate surface area is 120 Å². The van der Waals surface area contributed by atoms with Gasteiger partial charge >= 0.3 is 0 Å². The van der Waals surface area contributed by atoms with E-state index in [1.807, 2.05) is 24.3 Å². The van der Waals surface area contributed by atoms with Crippen molar-refractivity contribution in [2.24, 2.45) is 5.92 Å². The Kier molecular flexibility index (Phi) is 5.26. The molecule has 1 N–H and O–H groups in total. The van der Waals surface area contributed by atoms with Crippen LogP contribution in [0.3, 0.4) is 0 Å². The third kappa shape index (κ3) is 3.97. The first kappa shape index (κ1) is 14.4. The van der Waals surface area contributed by atoms with Crippen LogP contribution in [0.5, 0.6) is 0 Å². The zero-order valence-electron chi connectivity index (χ0n) is 11.5. The molecule has 0 aromatic heterocycles. The van der Waals surface area contributed by atoms with E-state index >= 15 is 0 Å². The summed E-state index contributed by atoms with van der Waals surface area (Å²) in [4.78, 5) is 12.2. The molecule has 1 aliphatic carbocycles. The van der Waals surface area contributed by atoms with Crippen LogP contribution in [0, 0.1) is 5.92 Å². The molecule has 1 aromatic rings. The van der Waals surface area contributed by atoms with Gasteiger partial charge in [-0.2, -0.15) is 0 Å². The summed E-state index contributed by atoms with van der Waals surface area (Å²) in [5, 5.41) is 3.17. The molecule has 1 fully saturated rings. The minimum Gasteiger partial charge on any atom is -0.349 e. The van der Waals surface area contributed by atoms with Gasteiger partial charge in [-0.3, -0.25) is 4.79 Å². The molecular weight excluding hydrogens is 258 g/mol. The maximum Gasteiger partial charge on any atom is 0.251 e. The first-order valence-electron chi connectivity index (χ1n) is 7.18. The predicted octanol–water partition coefficient (Wildman–Crippen LogP) is 4.12. The number of halogens is 1. The van der Waals surface area contributed by atoms with E-state index in [2.05, 4.69) is 12.2 Å². The Morgan fingerprint density at radius 3 is 2.68 bits per heavy atom. The van der Waals surface area contributed by atoms with Gasteiger partial charge in [0.1, 0.15) is 0 Å². The van der Waals surface area contributed by atoms with Crippen molar-refractivity contribution >= 4 is 17.5 Å². The molecule has 1 aromatic carbocycles. The molecule has 2 rings (SSSR count). The van der Waals surface area contributed by atoms with Crippen molar-refractivity contribution in [1.29, 1.82) is 0 Å². The highest BCUT2D eigenvalue weighted by atomic mass is 35.5. The number of nitrogens with one attached hydrogen (secondary N) is 1. The van der Waals surface area contributed by atoms with Gasteiger partial charge in [-0.1, -0.05) is 38.3 Å². The minimum absolute atomic E-state index is 0.0443. The van der Waals surface area contributed by atoms with Gasteiger partial charge in [0.05, 0.1) is 0 Å². The van der Waals surface area contributed by atoms with E-state index in [4.69, 9.17) is 11.6 Å². The van der Waals surface area contributed by atoms with Crippen LogP contribution in [-0.4, -0.2) is 11.9 Å². The maximum atomic E-state index is 12.2. The van der Waals surface area contributed by atoms with Crippen molar-refractivity contribution in [2.75, 3.05) is 0 Å². The van der Waals surface area contributed by atoms with E-state index in [-0.39, 0.29) is 5.91 Å². The van der Waals surface area contributed by atoms with Crippen molar-refractivity contribution < 1.29 is 4.79 Å². The van der Waals surface area contributed by atoms with Gasteiger partial charge in [-0.05, 0) is 36.5 Å². The highest BCUT2D eigenvalue weighted by Gasteiger charge is 2.22. The molecule has 104 valence electrons. The lowest BCUT2D eigenvalue weighted by atomic mass is 9.84. The average molecular weight is 280 g/mol. The second kappa shape index (κ2) is 6.95. The highest BCUT2D eigenvalue weighted by Crippen LogP contribution is 2.26. The lowest BCUT2D eigenvalue weighted by molar-refractivity contribution is 0.0919. The van der Waals surface area contributed by atoms with E-state index in [1.165, 1.54) is 19.3 Å². The molecule has 1 saturated carbocycles. The zero-order valence-corrected chi connectivity index (χ0v) is 12.2. The number of carbonyl (C=O) groups excluding carboxylic acids is 1. The van der Waals surface area contributed by atoms with Gasteiger partial charge in [0.2, 0.25) is 0 Å². The highest BCUT2D eigenvalue weighted by molar-refractivity contribution is 6.17. The summed E-state index contributed by atoms with van der Waals surface area (Å²) in [5.41, 5.74) is 1.77. The Morgan fingerprint density at radius 2 is 2.05 bits per heavy atom. The van der Waals surface area contributed by atoms with Gasteiger partial charge in [-0.15, -0.1) is 11.6 Å². The topological polar surface area (TPSA) is 29.1 Å². The smallest absolute Gasteiger partial charge is 0.251 e. The summed E-state index contributed by atoms with van der Waals surface area (Å²) in [6.45, 7) is 2.24. The molecule has 1 aliphatic rings. The second-order valence-corrected chi connectivity index (χ2v) is 5.71. The van der Waals surface area contributed by atoms with Gasteiger partial charge in [0.15, 0.2) is 0 Å². The predicted molar refractivity (Wildman–Crippen MR) is 79.5 cm³/mol. The third-order valence-electron chi connectivity index (χ3n) is 4.07. The summed E-state index contributed by atoms with van der Waals surface area (Å²) in [6, 6.07) is 7.88. The van der Waals surface area contributed by atoms with Gasteiger partial charge < -0.3 is 5.32 Å². The lowest BCUT2D eigenvalue weighted by Gasteiger charge is -2.29. The maximum absolute atomic E-state index is 12.2. The summed E-state index contributed by atoms with van der Waals surface area (Å²) >= 11 is 5.75. The van der Waals surface area contributed by atoms with Crippen molar-refractivity contribution in [1.82, 2.24) is 5.32 Å². The molecular formula is C16H22ClNO. The van der Waals surface area contributed by atoms with Crippen LogP contribution in [0.1, 0.15) is 54.9 Å². The van der Waals surface area contributed by atoms with Crippen LogP contribution in [0.15, 0.2) is 24.3 Å². The van der Waals surface area contributed by atoms with E-state index in [1.54, 1.807) is 0 Å². The normalized spacial score (nSPS) is 23.1. The Bertz CT molecular complexity index is 415. The first-order chi connectivity index (χ1) is 9.22. The standard InChI is InChI=1S/C16H22ClNO/c1-2-12-4-3-5-15(10-12)18-16(19)14-8-6-13(11-17)7-9-14/h6-9,12,15H,2-5,10-11H2,1H3,(H,18,19). The SMILES string of the molecule is CCC1CCCC(NC(=O)c2ccc(CCl)cc2)C1. The summed E-state index contributed by atoms with van der Waals surface area (Å²) in [7, 11) is 0. The third-order valence-corrected chi connectivity index (χ3v) is 4.37. The summed E-state index contributed by atoms with van der Waals surface area (Å²) in [6.07, 6.45) is 6.00.